The van der Waals surface area contributed by atoms with E-state index in [4.69, 9.17) is 0 Å². The van der Waals surface area contributed by atoms with E-state index in [0.29, 0.717) is 23.8 Å². The largest absolute Gasteiger partial charge is 0.329 e. The number of rotatable bonds is 4. The first-order valence-corrected chi connectivity index (χ1v) is 10.1. The highest BCUT2D eigenvalue weighted by Gasteiger charge is 2.59. The fraction of sp³-hybridized carbons (Fsp3) is 0.800. The third-order valence-electron chi connectivity index (χ3n) is 7.05. The molecule has 2 saturated heterocycles. The number of piperidine rings is 1. The van der Waals surface area contributed by atoms with Crippen molar-refractivity contribution in [3.8, 4) is 0 Å². The molecule has 0 unspecified atom stereocenters. The molecule has 0 radical (unpaired) electrons. The summed E-state index contributed by atoms with van der Waals surface area (Å²) in [6.45, 7) is 5.63. The Labute approximate surface area is 151 Å². The molecule has 3 heterocycles. The molecule has 1 N–H and O–H groups in total. The molecule has 1 saturated carbocycles. The molecule has 1 aliphatic carbocycles. The van der Waals surface area contributed by atoms with Crippen molar-refractivity contribution in [3.63, 3.8) is 0 Å². The summed E-state index contributed by atoms with van der Waals surface area (Å²) in [4.78, 5) is 18.1. The smallest absolute Gasteiger partial charge is 0.274 e. The molecule has 1 aromatic rings. The van der Waals surface area contributed by atoms with Crippen molar-refractivity contribution >= 4 is 5.91 Å². The number of likely N-dealkylation sites (tertiary alicyclic amines) is 2. The molecule has 25 heavy (non-hydrogen) atoms. The van der Waals surface area contributed by atoms with E-state index >= 15 is 0 Å². The van der Waals surface area contributed by atoms with Crippen LogP contribution in [0.3, 0.4) is 0 Å². The SMILES string of the molecule is CCCCc1cc(C(=O)N2[C@@H]3CN(C)[C@@H]4CCCC[C@H]2[C@]4(C)C3)n[nH]1. The topological polar surface area (TPSA) is 52.2 Å². The van der Waals surface area contributed by atoms with Gasteiger partial charge in [0.25, 0.3) is 5.91 Å². The minimum absolute atomic E-state index is 0.147. The van der Waals surface area contributed by atoms with Gasteiger partial charge in [-0.25, -0.2) is 0 Å². The number of nitrogens with zero attached hydrogens (tertiary/aromatic N) is 3. The average Bonchev–Trinajstić information content (AvgIpc) is 3.09. The minimum Gasteiger partial charge on any atom is -0.329 e. The Morgan fingerprint density at radius 2 is 2.12 bits per heavy atom. The van der Waals surface area contributed by atoms with Gasteiger partial charge in [0.15, 0.2) is 0 Å². The summed E-state index contributed by atoms with van der Waals surface area (Å²) >= 11 is 0. The Hall–Kier alpha value is -1.36. The predicted octanol–water partition coefficient (Wildman–Crippen LogP) is 3.23. The summed E-state index contributed by atoms with van der Waals surface area (Å²) < 4.78 is 0. The fourth-order valence-electron chi connectivity index (χ4n) is 5.89. The quantitative estimate of drug-likeness (QED) is 0.912. The van der Waals surface area contributed by atoms with Crippen molar-refractivity contribution in [1.82, 2.24) is 20.0 Å². The number of aryl methyl sites for hydroxylation is 1. The van der Waals surface area contributed by atoms with Crippen molar-refractivity contribution in [3.05, 3.63) is 17.5 Å². The van der Waals surface area contributed by atoms with E-state index in [1.54, 1.807) is 0 Å². The van der Waals surface area contributed by atoms with Crippen LogP contribution in [0.1, 0.15) is 75.0 Å². The van der Waals surface area contributed by atoms with Gasteiger partial charge < -0.3 is 9.80 Å². The number of nitrogens with one attached hydrogen (secondary N) is 1. The number of carbonyl (C=O) groups is 1. The molecule has 1 aromatic heterocycles. The second-order valence-corrected chi connectivity index (χ2v) is 8.71. The van der Waals surface area contributed by atoms with Crippen molar-refractivity contribution in [2.24, 2.45) is 5.41 Å². The van der Waals surface area contributed by atoms with Gasteiger partial charge in [-0.05, 0) is 45.2 Å². The van der Waals surface area contributed by atoms with Gasteiger partial charge in [0.2, 0.25) is 0 Å². The molecular weight excluding hydrogens is 312 g/mol. The molecule has 4 atom stereocenters. The number of likely N-dealkylation sites (N-methyl/N-ethyl adjacent to an activating group) is 1. The van der Waals surface area contributed by atoms with Crippen LogP contribution in [0, 0.1) is 5.41 Å². The molecule has 2 aliphatic heterocycles. The number of unbranched alkanes of at least 4 members (excludes halogenated alkanes) is 1. The zero-order valence-electron chi connectivity index (χ0n) is 15.9. The molecule has 0 aromatic carbocycles. The lowest BCUT2D eigenvalue weighted by Crippen LogP contribution is -2.51. The molecule has 0 spiro atoms. The number of fused-ring (bicyclic) bond motifs is 1. The van der Waals surface area contributed by atoms with Gasteiger partial charge >= 0.3 is 0 Å². The maximum absolute atomic E-state index is 13.4. The summed E-state index contributed by atoms with van der Waals surface area (Å²) in [5.74, 6) is 0.147. The predicted molar refractivity (Wildman–Crippen MR) is 98.6 cm³/mol. The zero-order valence-corrected chi connectivity index (χ0v) is 15.9. The molecule has 4 rings (SSSR count). The standard InChI is InChI=1S/C20H32N4O/c1-4-5-8-14-11-16(22-21-14)19(25)24-15-12-20(2)17(23(3)13-15)9-6-7-10-18(20)24/h11,15,17-18H,4-10,12-13H2,1-3H3,(H,21,22)/t15-,17+,18-,20+/m0/s1. The van der Waals surface area contributed by atoms with Gasteiger partial charge in [-0.1, -0.05) is 33.1 Å². The van der Waals surface area contributed by atoms with E-state index in [0.717, 1.165) is 44.3 Å². The van der Waals surface area contributed by atoms with Crippen LogP contribution in [0.5, 0.6) is 0 Å². The van der Waals surface area contributed by atoms with Crippen LogP contribution >= 0.6 is 0 Å². The van der Waals surface area contributed by atoms with E-state index in [9.17, 15) is 4.79 Å². The monoisotopic (exact) mass is 344 g/mol. The average molecular weight is 345 g/mol. The second-order valence-electron chi connectivity index (χ2n) is 8.71. The van der Waals surface area contributed by atoms with Crippen molar-refractivity contribution in [2.45, 2.75) is 83.3 Å². The molecule has 5 heteroatoms. The Bertz CT molecular complexity index is 641. The first-order chi connectivity index (χ1) is 12.0. The number of aromatic nitrogens is 2. The van der Waals surface area contributed by atoms with Crippen LogP contribution in [0.25, 0.3) is 0 Å². The molecule has 1 amide bonds. The summed E-state index contributed by atoms with van der Waals surface area (Å²) in [6, 6.07) is 3.32. The van der Waals surface area contributed by atoms with Gasteiger partial charge in [0.05, 0.1) is 0 Å². The van der Waals surface area contributed by atoms with E-state index < -0.39 is 0 Å². The van der Waals surface area contributed by atoms with Crippen molar-refractivity contribution < 1.29 is 4.79 Å². The third kappa shape index (κ3) is 2.71. The van der Waals surface area contributed by atoms with Crippen LogP contribution in [0.2, 0.25) is 0 Å². The number of carbonyl (C=O) groups excluding carboxylic acids is 1. The highest BCUT2D eigenvalue weighted by Crippen LogP contribution is 2.53. The molecule has 138 valence electrons. The lowest BCUT2D eigenvalue weighted by Gasteiger charge is -2.44. The van der Waals surface area contributed by atoms with Crippen LogP contribution in [-0.4, -0.2) is 57.6 Å². The minimum atomic E-state index is 0.147. The summed E-state index contributed by atoms with van der Waals surface area (Å²) in [5, 5.41) is 7.45. The van der Waals surface area contributed by atoms with Crippen LogP contribution in [-0.2, 0) is 6.42 Å². The fourth-order valence-corrected chi connectivity index (χ4v) is 5.89. The number of amides is 1. The van der Waals surface area contributed by atoms with Gasteiger partial charge in [-0.15, -0.1) is 0 Å². The molecule has 3 aliphatic rings. The lowest BCUT2D eigenvalue weighted by molar-refractivity contribution is 0.0576. The number of hydrogen-bond acceptors (Lipinski definition) is 3. The third-order valence-corrected chi connectivity index (χ3v) is 7.05. The molecule has 2 bridgehead atoms. The van der Waals surface area contributed by atoms with Crippen LogP contribution in [0.15, 0.2) is 6.07 Å². The van der Waals surface area contributed by atoms with Crippen molar-refractivity contribution in [2.75, 3.05) is 13.6 Å². The van der Waals surface area contributed by atoms with Gasteiger partial charge in [0.1, 0.15) is 5.69 Å². The van der Waals surface area contributed by atoms with Gasteiger partial charge in [-0.3, -0.25) is 9.89 Å². The first kappa shape index (κ1) is 17.1. The number of aromatic amines is 1. The number of hydrogen-bond donors (Lipinski definition) is 1. The van der Waals surface area contributed by atoms with E-state index in [1.165, 1.54) is 19.3 Å². The van der Waals surface area contributed by atoms with Gasteiger partial charge in [0, 0.05) is 35.8 Å². The summed E-state index contributed by atoms with van der Waals surface area (Å²) in [5.41, 5.74) is 1.95. The van der Waals surface area contributed by atoms with E-state index in [1.807, 2.05) is 6.07 Å². The van der Waals surface area contributed by atoms with Crippen molar-refractivity contribution in [1.29, 1.82) is 0 Å². The van der Waals surface area contributed by atoms with E-state index in [-0.39, 0.29) is 11.3 Å². The lowest BCUT2D eigenvalue weighted by atomic mass is 9.71. The van der Waals surface area contributed by atoms with Crippen LogP contribution < -0.4 is 0 Å². The Kier molecular flexibility index (Phi) is 4.38. The zero-order chi connectivity index (χ0) is 17.6. The molecule has 5 nitrogen and oxygen atoms in total. The maximum Gasteiger partial charge on any atom is 0.274 e. The highest BCUT2D eigenvalue weighted by atomic mass is 16.2. The highest BCUT2D eigenvalue weighted by molar-refractivity contribution is 5.93. The summed E-state index contributed by atoms with van der Waals surface area (Å²) in [7, 11) is 2.25. The Morgan fingerprint density at radius 1 is 1.36 bits per heavy atom. The molecule has 3 fully saturated rings. The second kappa shape index (κ2) is 6.42. The van der Waals surface area contributed by atoms with Crippen LogP contribution in [0.4, 0.5) is 0 Å². The summed E-state index contributed by atoms with van der Waals surface area (Å²) in [6.07, 6.45) is 9.39. The first-order valence-electron chi connectivity index (χ1n) is 10.1. The Morgan fingerprint density at radius 3 is 2.88 bits per heavy atom. The molecular formula is C20H32N4O. The van der Waals surface area contributed by atoms with E-state index in [2.05, 4.69) is 40.9 Å². The number of H-pyrrole nitrogens is 1. The van der Waals surface area contributed by atoms with Gasteiger partial charge in [-0.2, -0.15) is 5.10 Å². The Balaban J connectivity index is 1.61. The maximum atomic E-state index is 13.4. The normalized spacial score (nSPS) is 35.0.